The quantitative estimate of drug-likeness (QED) is 0.443. The number of hydrogen-bond donors (Lipinski definition) is 0. The van der Waals surface area contributed by atoms with Gasteiger partial charge >= 0.3 is 0 Å². The summed E-state index contributed by atoms with van der Waals surface area (Å²) in [7, 11) is 0. The number of benzene rings is 2. The maximum atomic E-state index is 5.09. The van der Waals surface area contributed by atoms with Crippen molar-refractivity contribution in [3.63, 3.8) is 0 Å². The number of para-hydroxylation sites is 2. The Morgan fingerprint density at radius 2 is 1.52 bits per heavy atom. The molecule has 0 saturated carbocycles. The first-order valence-corrected chi connectivity index (χ1v) is 9.99. The van der Waals surface area contributed by atoms with E-state index in [-0.39, 0.29) is 0 Å². The van der Waals surface area contributed by atoms with Crippen LogP contribution in [0, 0.1) is 0 Å². The molecule has 3 aromatic rings. The monoisotopic (exact) mass is 358 g/mol. The van der Waals surface area contributed by atoms with Gasteiger partial charge in [-0.1, -0.05) is 77.1 Å². The molecule has 0 aliphatic rings. The molecule has 1 heterocycles. The van der Waals surface area contributed by atoms with Crippen LogP contribution in [0.4, 0.5) is 5.69 Å². The van der Waals surface area contributed by atoms with Gasteiger partial charge in [-0.15, -0.1) is 0 Å². The minimum absolute atomic E-state index is 0.437. The van der Waals surface area contributed by atoms with E-state index in [2.05, 4.69) is 90.1 Å². The summed E-state index contributed by atoms with van der Waals surface area (Å²) >= 11 is 0. The van der Waals surface area contributed by atoms with Crippen molar-refractivity contribution in [3.8, 4) is 0 Å². The van der Waals surface area contributed by atoms with Gasteiger partial charge in [-0.3, -0.25) is 4.99 Å². The highest BCUT2D eigenvalue weighted by Gasteiger charge is 2.14. The van der Waals surface area contributed by atoms with E-state index < -0.39 is 0 Å². The SMILES string of the molecule is CCc1cccc2ccc(C(C)=Nc3c(C(C)C)cccc3C(C)C)nc12. The lowest BCUT2D eigenvalue weighted by Gasteiger charge is -2.17. The fourth-order valence-corrected chi connectivity index (χ4v) is 3.56. The lowest BCUT2D eigenvalue weighted by molar-refractivity contribution is 0.834. The number of aromatic nitrogens is 1. The van der Waals surface area contributed by atoms with Crippen LogP contribution in [0.15, 0.2) is 53.5 Å². The smallest absolute Gasteiger partial charge is 0.0849 e. The van der Waals surface area contributed by atoms with Crippen LogP contribution in [-0.2, 0) is 6.42 Å². The van der Waals surface area contributed by atoms with Crippen LogP contribution in [0.3, 0.4) is 0 Å². The number of rotatable bonds is 5. The molecular formula is C25H30N2. The lowest BCUT2D eigenvalue weighted by atomic mass is 9.93. The van der Waals surface area contributed by atoms with E-state index >= 15 is 0 Å². The molecule has 27 heavy (non-hydrogen) atoms. The van der Waals surface area contributed by atoms with Gasteiger partial charge in [0.05, 0.1) is 22.6 Å². The normalized spacial score (nSPS) is 12.4. The highest BCUT2D eigenvalue weighted by atomic mass is 14.8. The minimum atomic E-state index is 0.437. The molecule has 140 valence electrons. The third-order valence-electron chi connectivity index (χ3n) is 5.18. The molecule has 0 N–H and O–H groups in total. The molecule has 1 aromatic heterocycles. The van der Waals surface area contributed by atoms with Crippen LogP contribution in [-0.4, -0.2) is 10.7 Å². The van der Waals surface area contributed by atoms with Crippen LogP contribution in [0.5, 0.6) is 0 Å². The summed E-state index contributed by atoms with van der Waals surface area (Å²) in [4.78, 5) is 10.0. The van der Waals surface area contributed by atoms with Crippen molar-refractivity contribution in [1.29, 1.82) is 0 Å². The van der Waals surface area contributed by atoms with Gasteiger partial charge in [0.1, 0.15) is 0 Å². The molecule has 0 bridgehead atoms. The minimum Gasteiger partial charge on any atom is -0.251 e. The average Bonchev–Trinajstić information content (AvgIpc) is 2.66. The average molecular weight is 359 g/mol. The van der Waals surface area contributed by atoms with Crippen molar-refractivity contribution in [2.24, 2.45) is 4.99 Å². The predicted molar refractivity (Wildman–Crippen MR) is 118 cm³/mol. The third kappa shape index (κ3) is 3.95. The Labute approximate surface area is 163 Å². The van der Waals surface area contributed by atoms with Gasteiger partial charge in [-0.2, -0.15) is 0 Å². The fraction of sp³-hybridized carbons (Fsp3) is 0.360. The molecule has 0 amide bonds. The van der Waals surface area contributed by atoms with Crippen LogP contribution in [0.1, 0.15) is 75.8 Å². The van der Waals surface area contributed by atoms with Gasteiger partial charge in [-0.05, 0) is 47.9 Å². The maximum Gasteiger partial charge on any atom is 0.0849 e. The second-order valence-corrected chi connectivity index (χ2v) is 7.83. The van der Waals surface area contributed by atoms with Gasteiger partial charge in [0.25, 0.3) is 0 Å². The Bertz CT molecular complexity index is 955. The Morgan fingerprint density at radius 3 is 2.11 bits per heavy atom. The molecular weight excluding hydrogens is 328 g/mol. The maximum absolute atomic E-state index is 5.09. The van der Waals surface area contributed by atoms with Crippen molar-refractivity contribution in [1.82, 2.24) is 4.98 Å². The second-order valence-electron chi connectivity index (χ2n) is 7.83. The molecule has 0 radical (unpaired) electrons. The summed E-state index contributed by atoms with van der Waals surface area (Å²) in [6.45, 7) is 13.2. The number of pyridine rings is 1. The van der Waals surface area contributed by atoms with E-state index in [1.165, 1.54) is 22.1 Å². The summed E-state index contributed by atoms with van der Waals surface area (Å²) in [5.74, 6) is 0.873. The Balaban J connectivity index is 2.15. The van der Waals surface area contributed by atoms with Crippen LogP contribution >= 0.6 is 0 Å². The zero-order chi connectivity index (χ0) is 19.6. The topological polar surface area (TPSA) is 25.2 Å². The fourth-order valence-electron chi connectivity index (χ4n) is 3.56. The molecule has 0 spiro atoms. The van der Waals surface area contributed by atoms with Gasteiger partial charge in [-0.25, -0.2) is 4.98 Å². The number of aryl methyl sites for hydroxylation is 1. The van der Waals surface area contributed by atoms with Crippen molar-refractivity contribution in [3.05, 3.63) is 70.9 Å². The first kappa shape index (κ1) is 19.3. The van der Waals surface area contributed by atoms with Crippen LogP contribution in [0.25, 0.3) is 10.9 Å². The van der Waals surface area contributed by atoms with Crippen LogP contribution in [0.2, 0.25) is 0 Å². The van der Waals surface area contributed by atoms with Gasteiger partial charge < -0.3 is 0 Å². The summed E-state index contributed by atoms with van der Waals surface area (Å²) in [6.07, 6.45) is 0.984. The van der Waals surface area contributed by atoms with E-state index in [9.17, 15) is 0 Å². The molecule has 2 heteroatoms. The van der Waals surface area contributed by atoms with E-state index in [1.54, 1.807) is 0 Å². The molecule has 0 atom stereocenters. The molecule has 3 rings (SSSR count). The summed E-state index contributed by atoms with van der Waals surface area (Å²) in [6, 6.07) is 17.2. The highest BCUT2D eigenvalue weighted by molar-refractivity contribution is 6.01. The third-order valence-corrected chi connectivity index (χ3v) is 5.18. The number of aliphatic imine (C=N–C) groups is 1. The van der Waals surface area contributed by atoms with E-state index in [4.69, 9.17) is 9.98 Å². The highest BCUT2D eigenvalue weighted by Crippen LogP contribution is 2.35. The van der Waals surface area contributed by atoms with E-state index in [1.807, 2.05) is 0 Å². The second kappa shape index (κ2) is 8.04. The first-order valence-electron chi connectivity index (χ1n) is 9.99. The molecule has 2 nitrogen and oxygen atoms in total. The lowest BCUT2D eigenvalue weighted by Crippen LogP contribution is -2.02. The summed E-state index contributed by atoms with van der Waals surface area (Å²) in [5.41, 5.74) is 8.02. The largest absolute Gasteiger partial charge is 0.251 e. The number of nitrogens with zero attached hydrogens (tertiary/aromatic N) is 2. The number of hydrogen-bond acceptors (Lipinski definition) is 2. The predicted octanol–water partition coefficient (Wildman–Crippen LogP) is 7.18. The van der Waals surface area contributed by atoms with Crippen molar-refractivity contribution in [2.75, 3.05) is 0 Å². The Hall–Kier alpha value is -2.48. The van der Waals surface area contributed by atoms with Crippen molar-refractivity contribution >= 4 is 22.3 Å². The summed E-state index contributed by atoms with van der Waals surface area (Å²) in [5, 5.41) is 1.19. The van der Waals surface area contributed by atoms with Crippen molar-refractivity contribution in [2.45, 2.75) is 59.8 Å². The summed E-state index contributed by atoms with van der Waals surface area (Å²) < 4.78 is 0. The molecule has 2 aromatic carbocycles. The van der Waals surface area contributed by atoms with Gasteiger partial charge in [0, 0.05) is 5.39 Å². The van der Waals surface area contributed by atoms with Gasteiger partial charge in [0.2, 0.25) is 0 Å². The zero-order valence-electron chi connectivity index (χ0n) is 17.4. The molecule has 0 fully saturated rings. The van der Waals surface area contributed by atoms with Crippen molar-refractivity contribution < 1.29 is 0 Å². The van der Waals surface area contributed by atoms with Crippen LogP contribution < -0.4 is 0 Å². The van der Waals surface area contributed by atoms with E-state index in [0.29, 0.717) is 11.8 Å². The number of fused-ring (bicyclic) bond motifs is 1. The first-order chi connectivity index (χ1) is 12.9. The zero-order valence-corrected chi connectivity index (χ0v) is 17.4. The standard InChI is InChI=1S/C25H30N2/c1-7-19-10-8-11-20-14-15-23(27-24(19)20)18(6)26-25-21(16(2)3)12-9-13-22(25)17(4)5/h8-17H,7H2,1-6H3. The molecule has 0 aliphatic carbocycles. The van der Waals surface area contributed by atoms with E-state index in [0.717, 1.165) is 29.0 Å². The van der Waals surface area contributed by atoms with Gasteiger partial charge in [0.15, 0.2) is 0 Å². The Morgan fingerprint density at radius 1 is 0.889 bits per heavy atom. The molecule has 0 unspecified atom stereocenters. The molecule has 0 saturated heterocycles. The Kier molecular flexibility index (Phi) is 5.74. The molecule has 0 aliphatic heterocycles.